The molecule has 0 aliphatic rings. The van der Waals surface area contributed by atoms with Gasteiger partial charge in [-0.3, -0.25) is 5.10 Å². The van der Waals surface area contributed by atoms with E-state index in [1.807, 2.05) is 25.4 Å². The molecule has 6 heteroatoms. The second-order valence-electron chi connectivity index (χ2n) is 4.63. The zero-order chi connectivity index (χ0) is 14.5. The van der Waals surface area contributed by atoms with Crippen LogP contribution < -0.4 is 10.5 Å². The molecule has 0 atom stereocenters. The maximum Gasteiger partial charge on any atom is 0.128 e. The average Bonchev–Trinajstić information content (AvgIpc) is 2.86. The van der Waals surface area contributed by atoms with Crippen LogP contribution in [0.2, 0.25) is 5.02 Å². The molecule has 2 aromatic rings. The molecular formula is C14H19ClN4O. The lowest BCUT2D eigenvalue weighted by Gasteiger charge is -2.15. The Balaban J connectivity index is 2.34. The van der Waals surface area contributed by atoms with Crippen molar-refractivity contribution in [2.45, 2.75) is 6.54 Å². The lowest BCUT2D eigenvalue weighted by molar-refractivity contribution is 0.336. The highest BCUT2D eigenvalue weighted by molar-refractivity contribution is 6.31. The van der Waals surface area contributed by atoms with E-state index in [1.165, 1.54) is 0 Å². The van der Waals surface area contributed by atoms with Gasteiger partial charge in [-0.1, -0.05) is 11.6 Å². The van der Waals surface area contributed by atoms with Crippen LogP contribution in [0, 0.1) is 0 Å². The molecule has 0 saturated carbocycles. The van der Waals surface area contributed by atoms with Gasteiger partial charge >= 0.3 is 0 Å². The molecular weight excluding hydrogens is 276 g/mol. The molecule has 0 aliphatic carbocycles. The Labute approximate surface area is 123 Å². The number of methoxy groups -OCH3 is 1. The number of aromatic amines is 1. The van der Waals surface area contributed by atoms with Crippen molar-refractivity contribution < 1.29 is 4.74 Å². The summed E-state index contributed by atoms with van der Waals surface area (Å²) in [6.45, 7) is 2.22. The molecule has 0 fully saturated rings. The number of hydrogen-bond donors (Lipinski definition) is 2. The van der Waals surface area contributed by atoms with E-state index < -0.39 is 0 Å². The zero-order valence-electron chi connectivity index (χ0n) is 11.7. The van der Waals surface area contributed by atoms with Crippen LogP contribution in [0.3, 0.4) is 0 Å². The number of ether oxygens (including phenoxy) is 1. The first-order valence-electron chi connectivity index (χ1n) is 6.41. The van der Waals surface area contributed by atoms with Gasteiger partial charge in [-0.05, 0) is 25.2 Å². The van der Waals surface area contributed by atoms with E-state index in [2.05, 4.69) is 15.1 Å². The number of nitrogens with one attached hydrogen (secondary N) is 1. The highest BCUT2D eigenvalue weighted by atomic mass is 35.5. The summed E-state index contributed by atoms with van der Waals surface area (Å²) >= 11 is 6.08. The van der Waals surface area contributed by atoms with Gasteiger partial charge in [-0.25, -0.2) is 0 Å². The lowest BCUT2D eigenvalue weighted by atomic mass is 10.1. The largest absolute Gasteiger partial charge is 0.496 e. The number of aromatic nitrogens is 2. The minimum atomic E-state index is 0.629. The molecule has 0 radical (unpaired) electrons. The summed E-state index contributed by atoms with van der Waals surface area (Å²) in [4.78, 5) is 2.14. The quantitative estimate of drug-likeness (QED) is 0.856. The first-order chi connectivity index (χ1) is 9.65. The maximum absolute atomic E-state index is 6.08. The van der Waals surface area contributed by atoms with Gasteiger partial charge < -0.3 is 15.4 Å². The smallest absolute Gasteiger partial charge is 0.128 e. The predicted octanol–water partition coefficient (Wildman–Crippen LogP) is 2.13. The summed E-state index contributed by atoms with van der Waals surface area (Å²) in [6, 6.07) is 5.51. The van der Waals surface area contributed by atoms with Crippen LogP contribution in [0.1, 0.15) is 5.56 Å². The Morgan fingerprint density at radius 3 is 2.95 bits per heavy atom. The van der Waals surface area contributed by atoms with Crippen molar-refractivity contribution >= 4 is 11.6 Å². The Hall–Kier alpha value is -1.56. The van der Waals surface area contributed by atoms with Gasteiger partial charge in [0.25, 0.3) is 0 Å². The minimum Gasteiger partial charge on any atom is -0.496 e. The van der Waals surface area contributed by atoms with Crippen LogP contribution in [-0.4, -0.2) is 42.3 Å². The minimum absolute atomic E-state index is 0.629. The number of halogens is 1. The first-order valence-corrected chi connectivity index (χ1v) is 6.78. The van der Waals surface area contributed by atoms with Crippen molar-refractivity contribution in [2.75, 3.05) is 27.2 Å². The Bertz CT molecular complexity index is 570. The summed E-state index contributed by atoms with van der Waals surface area (Å²) in [5, 5.41) is 7.89. The number of hydrogen-bond acceptors (Lipinski definition) is 4. The van der Waals surface area contributed by atoms with E-state index >= 15 is 0 Å². The predicted molar refractivity (Wildman–Crippen MR) is 81.0 cm³/mol. The molecule has 1 aromatic carbocycles. The fraction of sp³-hybridized carbons (Fsp3) is 0.357. The van der Waals surface area contributed by atoms with Crippen molar-refractivity contribution in [1.82, 2.24) is 15.1 Å². The zero-order valence-corrected chi connectivity index (χ0v) is 12.4. The molecule has 0 unspecified atom stereocenters. The summed E-state index contributed by atoms with van der Waals surface area (Å²) in [5.74, 6) is 0.754. The van der Waals surface area contributed by atoms with Crippen LogP contribution in [0.15, 0.2) is 24.4 Å². The van der Waals surface area contributed by atoms with Crippen LogP contribution >= 0.6 is 11.6 Å². The van der Waals surface area contributed by atoms with Crippen LogP contribution in [-0.2, 0) is 6.54 Å². The second-order valence-corrected chi connectivity index (χ2v) is 5.07. The highest BCUT2D eigenvalue weighted by Gasteiger charge is 2.15. The lowest BCUT2D eigenvalue weighted by Crippen LogP contribution is -2.25. The third-order valence-electron chi connectivity index (χ3n) is 3.09. The van der Waals surface area contributed by atoms with Crippen molar-refractivity contribution in [3.63, 3.8) is 0 Å². The molecule has 3 N–H and O–H groups in total. The van der Waals surface area contributed by atoms with E-state index in [-0.39, 0.29) is 0 Å². The summed E-state index contributed by atoms with van der Waals surface area (Å²) in [6.07, 6.45) is 1.89. The molecule has 5 nitrogen and oxygen atoms in total. The van der Waals surface area contributed by atoms with E-state index in [1.54, 1.807) is 13.2 Å². The van der Waals surface area contributed by atoms with Gasteiger partial charge in [0, 0.05) is 42.0 Å². The third kappa shape index (κ3) is 3.30. The fourth-order valence-corrected chi connectivity index (χ4v) is 2.30. The molecule has 0 amide bonds. The number of benzene rings is 1. The number of likely N-dealkylation sites (N-methyl/N-ethyl adjacent to an activating group) is 1. The molecule has 1 heterocycles. The van der Waals surface area contributed by atoms with E-state index in [0.717, 1.165) is 35.7 Å². The van der Waals surface area contributed by atoms with E-state index in [0.29, 0.717) is 11.6 Å². The normalized spacial score (nSPS) is 11.1. The van der Waals surface area contributed by atoms with Crippen LogP contribution in [0.4, 0.5) is 0 Å². The average molecular weight is 295 g/mol. The SMILES string of the molecule is COc1ccc(Cl)cc1-c1n[nH]cc1CN(C)CCN. The molecule has 0 spiro atoms. The number of H-pyrrole nitrogens is 1. The Morgan fingerprint density at radius 2 is 2.25 bits per heavy atom. The van der Waals surface area contributed by atoms with Gasteiger partial charge in [0.1, 0.15) is 11.4 Å². The van der Waals surface area contributed by atoms with Gasteiger partial charge in [0.05, 0.1) is 7.11 Å². The molecule has 0 bridgehead atoms. The standard InChI is InChI=1S/C14H19ClN4O/c1-19(6-5-16)9-10-8-17-18-14(10)12-7-11(15)3-4-13(12)20-2/h3-4,7-8H,5-6,9,16H2,1-2H3,(H,17,18). The summed E-state index contributed by atoms with van der Waals surface area (Å²) < 4.78 is 5.39. The first kappa shape index (κ1) is 14.8. The van der Waals surface area contributed by atoms with E-state index in [4.69, 9.17) is 22.1 Å². The van der Waals surface area contributed by atoms with Crippen molar-refractivity contribution in [3.05, 3.63) is 35.0 Å². The molecule has 0 aliphatic heterocycles. The molecule has 20 heavy (non-hydrogen) atoms. The third-order valence-corrected chi connectivity index (χ3v) is 3.32. The van der Waals surface area contributed by atoms with Crippen molar-refractivity contribution in [3.8, 4) is 17.0 Å². The van der Waals surface area contributed by atoms with E-state index in [9.17, 15) is 0 Å². The maximum atomic E-state index is 6.08. The number of nitrogens with two attached hydrogens (primary N) is 1. The summed E-state index contributed by atoms with van der Waals surface area (Å²) in [7, 11) is 3.67. The fourth-order valence-electron chi connectivity index (χ4n) is 2.12. The monoisotopic (exact) mass is 294 g/mol. The van der Waals surface area contributed by atoms with Crippen LogP contribution in [0.5, 0.6) is 5.75 Å². The number of nitrogens with zero attached hydrogens (tertiary/aromatic N) is 2. The Kier molecular flexibility index (Phi) is 5.00. The van der Waals surface area contributed by atoms with Crippen molar-refractivity contribution in [2.24, 2.45) is 5.73 Å². The van der Waals surface area contributed by atoms with Gasteiger partial charge in [-0.15, -0.1) is 0 Å². The van der Waals surface area contributed by atoms with Crippen molar-refractivity contribution in [1.29, 1.82) is 0 Å². The number of rotatable bonds is 6. The second kappa shape index (κ2) is 6.74. The topological polar surface area (TPSA) is 67.2 Å². The Morgan fingerprint density at radius 1 is 1.45 bits per heavy atom. The van der Waals surface area contributed by atoms with Crippen LogP contribution in [0.25, 0.3) is 11.3 Å². The summed E-state index contributed by atoms with van der Waals surface area (Å²) in [5.41, 5.74) is 8.40. The molecule has 0 saturated heterocycles. The van der Waals surface area contributed by atoms with Gasteiger partial charge in [0.2, 0.25) is 0 Å². The molecule has 2 rings (SSSR count). The van der Waals surface area contributed by atoms with Gasteiger partial charge in [-0.2, -0.15) is 5.10 Å². The van der Waals surface area contributed by atoms with Gasteiger partial charge in [0.15, 0.2) is 0 Å². The molecule has 1 aromatic heterocycles. The highest BCUT2D eigenvalue weighted by Crippen LogP contribution is 2.33. The molecule has 108 valence electrons.